The van der Waals surface area contributed by atoms with E-state index in [4.69, 9.17) is 5.73 Å². The number of aryl methyl sites for hydroxylation is 1. The number of benzene rings is 1. The fourth-order valence-electron chi connectivity index (χ4n) is 1.36. The number of aliphatic imine (C=N–C) groups is 1. The van der Waals surface area contributed by atoms with Crippen LogP contribution in [0.1, 0.15) is 19.4 Å². The van der Waals surface area contributed by atoms with Crippen LogP contribution >= 0.6 is 0 Å². The first-order chi connectivity index (χ1) is 7.19. The van der Waals surface area contributed by atoms with Gasteiger partial charge in [0.25, 0.3) is 0 Å². The number of rotatable bonds is 3. The van der Waals surface area contributed by atoms with Crippen molar-refractivity contribution in [2.24, 2.45) is 10.7 Å². The lowest BCUT2D eigenvalue weighted by molar-refractivity contribution is 1.08. The standard InChI is InChI=1S/C12H19N3/c1-4-10-6-8-11(9-7-10)15(3)12(13)14-5-2/h6-9H,4-5H2,1-3H3,(H2,13,14). The molecule has 15 heavy (non-hydrogen) atoms. The fourth-order valence-corrected chi connectivity index (χ4v) is 1.36. The van der Waals surface area contributed by atoms with Gasteiger partial charge in [0.05, 0.1) is 0 Å². The summed E-state index contributed by atoms with van der Waals surface area (Å²) in [6.07, 6.45) is 1.06. The fraction of sp³-hybridized carbons (Fsp3) is 0.417. The molecule has 0 fully saturated rings. The molecule has 3 nitrogen and oxygen atoms in total. The minimum Gasteiger partial charge on any atom is -0.370 e. The third kappa shape index (κ3) is 2.98. The zero-order chi connectivity index (χ0) is 11.3. The molecule has 3 heteroatoms. The number of nitrogens with two attached hydrogens (primary N) is 1. The molecule has 0 unspecified atom stereocenters. The zero-order valence-corrected chi connectivity index (χ0v) is 9.70. The Bertz CT molecular complexity index is 327. The molecule has 1 rings (SSSR count). The summed E-state index contributed by atoms with van der Waals surface area (Å²) < 4.78 is 0. The van der Waals surface area contributed by atoms with E-state index in [9.17, 15) is 0 Å². The molecular weight excluding hydrogens is 186 g/mol. The first-order valence-corrected chi connectivity index (χ1v) is 5.31. The van der Waals surface area contributed by atoms with Crippen molar-refractivity contribution >= 4 is 11.6 Å². The SMILES string of the molecule is CCN=C(N)N(C)c1ccc(CC)cc1. The molecule has 0 atom stereocenters. The number of guanidine groups is 1. The van der Waals surface area contributed by atoms with Crippen molar-refractivity contribution in [3.8, 4) is 0 Å². The maximum absolute atomic E-state index is 5.81. The van der Waals surface area contributed by atoms with Crippen LogP contribution in [-0.2, 0) is 6.42 Å². The predicted molar refractivity (Wildman–Crippen MR) is 66.4 cm³/mol. The summed E-state index contributed by atoms with van der Waals surface area (Å²) in [5.41, 5.74) is 8.21. The lowest BCUT2D eigenvalue weighted by Gasteiger charge is -2.18. The van der Waals surface area contributed by atoms with Gasteiger partial charge in [-0.2, -0.15) is 0 Å². The number of hydrogen-bond donors (Lipinski definition) is 1. The topological polar surface area (TPSA) is 41.6 Å². The zero-order valence-electron chi connectivity index (χ0n) is 9.70. The summed E-state index contributed by atoms with van der Waals surface area (Å²) >= 11 is 0. The lowest BCUT2D eigenvalue weighted by atomic mass is 10.1. The average Bonchev–Trinajstić information content (AvgIpc) is 2.28. The van der Waals surface area contributed by atoms with Gasteiger partial charge >= 0.3 is 0 Å². The molecule has 82 valence electrons. The van der Waals surface area contributed by atoms with E-state index in [-0.39, 0.29) is 0 Å². The molecule has 0 heterocycles. The first kappa shape index (κ1) is 11.6. The van der Waals surface area contributed by atoms with Gasteiger partial charge in [0.2, 0.25) is 0 Å². The summed E-state index contributed by atoms with van der Waals surface area (Å²) in [6, 6.07) is 8.36. The maximum Gasteiger partial charge on any atom is 0.195 e. The van der Waals surface area contributed by atoms with Crippen LogP contribution in [0.25, 0.3) is 0 Å². The van der Waals surface area contributed by atoms with Crippen molar-refractivity contribution in [1.82, 2.24) is 0 Å². The smallest absolute Gasteiger partial charge is 0.195 e. The van der Waals surface area contributed by atoms with Gasteiger partial charge in [0, 0.05) is 19.3 Å². The van der Waals surface area contributed by atoms with E-state index in [0.29, 0.717) is 12.5 Å². The minimum atomic E-state index is 0.557. The van der Waals surface area contributed by atoms with E-state index in [1.807, 2.05) is 18.9 Å². The van der Waals surface area contributed by atoms with Crippen molar-refractivity contribution < 1.29 is 0 Å². The quantitative estimate of drug-likeness (QED) is 0.606. The van der Waals surface area contributed by atoms with Crippen LogP contribution < -0.4 is 10.6 Å². The third-order valence-electron chi connectivity index (χ3n) is 2.40. The van der Waals surface area contributed by atoms with E-state index in [1.165, 1.54) is 5.56 Å². The van der Waals surface area contributed by atoms with Crippen LogP contribution in [0, 0.1) is 0 Å². The molecule has 1 aromatic carbocycles. The molecule has 0 amide bonds. The van der Waals surface area contributed by atoms with Crippen LogP contribution in [-0.4, -0.2) is 19.6 Å². The molecule has 0 radical (unpaired) electrons. The Morgan fingerprint density at radius 2 is 1.87 bits per heavy atom. The minimum absolute atomic E-state index is 0.557. The first-order valence-electron chi connectivity index (χ1n) is 5.31. The summed E-state index contributed by atoms with van der Waals surface area (Å²) in [6.45, 7) is 4.83. The normalized spacial score (nSPS) is 11.5. The molecule has 0 aliphatic rings. The van der Waals surface area contributed by atoms with Crippen LogP contribution in [0.2, 0.25) is 0 Å². The number of hydrogen-bond acceptors (Lipinski definition) is 1. The predicted octanol–water partition coefficient (Wildman–Crippen LogP) is 2.02. The Balaban J connectivity index is 2.82. The third-order valence-corrected chi connectivity index (χ3v) is 2.40. The van der Waals surface area contributed by atoms with Gasteiger partial charge in [-0.1, -0.05) is 19.1 Å². The van der Waals surface area contributed by atoms with Crippen molar-refractivity contribution in [3.63, 3.8) is 0 Å². The molecule has 0 saturated carbocycles. The Kier molecular flexibility index (Phi) is 4.16. The second-order valence-electron chi connectivity index (χ2n) is 3.41. The van der Waals surface area contributed by atoms with Gasteiger partial charge in [-0.25, -0.2) is 0 Å². The Morgan fingerprint density at radius 3 is 2.33 bits per heavy atom. The van der Waals surface area contributed by atoms with Crippen LogP contribution in [0.3, 0.4) is 0 Å². The second kappa shape index (κ2) is 5.39. The van der Waals surface area contributed by atoms with Gasteiger partial charge < -0.3 is 10.6 Å². The Hall–Kier alpha value is -1.51. The van der Waals surface area contributed by atoms with Crippen LogP contribution in [0.15, 0.2) is 29.3 Å². The largest absolute Gasteiger partial charge is 0.370 e. The summed E-state index contributed by atoms with van der Waals surface area (Å²) in [4.78, 5) is 6.06. The van der Waals surface area contributed by atoms with Crippen molar-refractivity contribution in [2.45, 2.75) is 20.3 Å². The van der Waals surface area contributed by atoms with Crippen molar-refractivity contribution in [3.05, 3.63) is 29.8 Å². The van der Waals surface area contributed by atoms with Gasteiger partial charge in [-0.3, -0.25) is 4.99 Å². The highest BCUT2D eigenvalue weighted by molar-refractivity contribution is 5.94. The average molecular weight is 205 g/mol. The molecule has 0 aromatic heterocycles. The Morgan fingerprint density at radius 1 is 1.27 bits per heavy atom. The monoisotopic (exact) mass is 205 g/mol. The number of nitrogens with zero attached hydrogens (tertiary/aromatic N) is 2. The van der Waals surface area contributed by atoms with E-state index in [2.05, 4.69) is 36.2 Å². The highest BCUT2D eigenvalue weighted by Crippen LogP contribution is 2.13. The lowest BCUT2D eigenvalue weighted by Crippen LogP contribution is -2.33. The molecule has 0 spiro atoms. The van der Waals surface area contributed by atoms with E-state index < -0.39 is 0 Å². The maximum atomic E-state index is 5.81. The molecule has 2 N–H and O–H groups in total. The Labute approximate surface area is 91.6 Å². The van der Waals surface area contributed by atoms with Gasteiger partial charge in [-0.05, 0) is 31.0 Å². The van der Waals surface area contributed by atoms with Crippen LogP contribution in [0.4, 0.5) is 5.69 Å². The molecule has 0 bridgehead atoms. The molecule has 0 saturated heterocycles. The van der Waals surface area contributed by atoms with Gasteiger partial charge in [-0.15, -0.1) is 0 Å². The van der Waals surface area contributed by atoms with E-state index >= 15 is 0 Å². The molecular formula is C12H19N3. The van der Waals surface area contributed by atoms with Gasteiger partial charge in [0.1, 0.15) is 0 Å². The van der Waals surface area contributed by atoms with Crippen LogP contribution in [0.5, 0.6) is 0 Å². The molecule has 0 aliphatic heterocycles. The molecule has 1 aromatic rings. The summed E-state index contributed by atoms with van der Waals surface area (Å²) in [5.74, 6) is 0.557. The van der Waals surface area contributed by atoms with Gasteiger partial charge in [0.15, 0.2) is 5.96 Å². The molecule has 0 aliphatic carbocycles. The second-order valence-corrected chi connectivity index (χ2v) is 3.41. The van der Waals surface area contributed by atoms with E-state index in [1.54, 1.807) is 0 Å². The van der Waals surface area contributed by atoms with Crippen molar-refractivity contribution in [2.75, 3.05) is 18.5 Å². The number of anilines is 1. The summed E-state index contributed by atoms with van der Waals surface area (Å²) in [5, 5.41) is 0. The highest BCUT2D eigenvalue weighted by atomic mass is 15.2. The highest BCUT2D eigenvalue weighted by Gasteiger charge is 2.03. The summed E-state index contributed by atoms with van der Waals surface area (Å²) in [7, 11) is 1.93. The van der Waals surface area contributed by atoms with Crippen molar-refractivity contribution in [1.29, 1.82) is 0 Å². The van der Waals surface area contributed by atoms with E-state index in [0.717, 1.165) is 12.1 Å².